The lowest BCUT2D eigenvalue weighted by atomic mass is 10.1. The van der Waals surface area contributed by atoms with Crippen LogP contribution >= 0.6 is 0 Å². The SMILES string of the molecule is Cc1ccc(OS(C)(=O)=O)c(C(=O)NC2CC2)c1. The van der Waals surface area contributed by atoms with E-state index >= 15 is 0 Å². The molecule has 5 nitrogen and oxygen atoms in total. The van der Waals surface area contributed by atoms with Gasteiger partial charge < -0.3 is 9.50 Å². The number of hydrogen-bond donors (Lipinski definition) is 1. The molecule has 1 fully saturated rings. The monoisotopic (exact) mass is 269 g/mol. The molecule has 1 aromatic rings. The minimum Gasteiger partial charge on any atom is -0.382 e. The Morgan fingerprint density at radius 1 is 1.39 bits per heavy atom. The molecular weight excluding hydrogens is 254 g/mol. The predicted molar refractivity (Wildman–Crippen MR) is 67.1 cm³/mol. The number of amides is 1. The zero-order valence-corrected chi connectivity index (χ0v) is 11.1. The van der Waals surface area contributed by atoms with Crippen molar-refractivity contribution in [3.8, 4) is 5.75 Å². The first-order valence-corrected chi connectivity index (χ1v) is 7.48. The minimum atomic E-state index is -3.64. The first kappa shape index (κ1) is 12.9. The van der Waals surface area contributed by atoms with Gasteiger partial charge in [0.15, 0.2) is 5.75 Å². The summed E-state index contributed by atoms with van der Waals surface area (Å²) in [5, 5.41) is 2.81. The maximum Gasteiger partial charge on any atom is 0.306 e. The van der Waals surface area contributed by atoms with Crippen LogP contribution in [0.3, 0.4) is 0 Å². The van der Waals surface area contributed by atoms with Gasteiger partial charge in [-0.05, 0) is 31.9 Å². The van der Waals surface area contributed by atoms with E-state index in [2.05, 4.69) is 5.32 Å². The van der Waals surface area contributed by atoms with Gasteiger partial charge in [-0.25, -0.2) is 0 Å². The Hall–Kier alpha value is -1.56. The van der Waals surface area contributed by atoms with Crippen molar-refractivity contribution in [3.63, 3.8) is 0 Å². The topological polar surface area (TPSA) is 72.5 Å². The molecule has 0 radical (unpaired) electrons. The van der Waals surface area contributed by atoms with E-state index in [1.165, 1.54) is 6.07 Å². The quantitative estimate of drug-likeness (QED) is 0.834. The van der Waals surface area contributed by atoms with E-state index in [0.717, 1.165) is 24.7 Å². The Labute approximate surface area is 106 Å². The normalized spacial score (nSPS) is 15.2. The first-order valence-electron chi connectivity index (χ1n) is 5.66. The Morgan fingerprint density at radius 3 is 2.61 bits per heavy atom. The number of carbonyl (C=O) groups is 1. The summed E-state index contributed by atoms with van der Waals surface area (Å²) in [5.74, 6) is -0.221. The third kappa shape index (κ3) is 3.46. The van der Waals surface area contributed by atoms with Crippen molar-refractivity contribution >= 4 is 16.0 Å². The second kappa shape index (κ2) is 4.61. The van der Waals surface area contributed by atoms with Crippen molar-refractivity contribution in [1.29, 1.82) is 0 Å². The van der Waals surface area contributed by atoms with Crippen LogP contribution in [0.1, 0.15) is 28.8 Å². The molecule has 0 spiro atoms. The summed E-state index contributed by atoms with van der Waals surface area (Å²) in [7, 11) is -3.64. The van der Waals surface area contributed by atoms with E-state index in [9.17, 15) is 13.2 Å². The first-order chi connectivity index (χ1) is 8.35. The van der Waals surface area contributed by atoms with Crippen LogP contribution in [-0.4, -0.2) is 26.6 Å². The van der Waals surface area contributed by atoms with Crippen molar-refractivity contribution in [2.45, 2.75) is 25.8 Å². The van der Waals surface area contributed by atoms with Gasteiger partial charge in [0.1, 0.15) is 0 Å². The molecule has 6 heteroatoms. The van der Waals surface area contributed by atoms with Crippen molar-refractivity contribution in [2.75, 3.05) is 6.26 Å². The Morgan fingerprint density at radius 2 is 2.06 bits per heavy atom. The van der Waals surface area contributed by atoms with Crippen LogP contribution in [-0.2, 0) is 10.1 Å². The molecule has 1 N–H and O–H groups in total. The zero-order chi connectivity index (χ0) is 13.3. The fourth-order valence-corrected chi connectivity index (χ4v) is 2.02. The van der Waals surface area contributed by atoms with Gasteiger partial charge in [0.25, 0.3) is 5.91 Å². The summed E-state index contributed by atoms with van der Waals surface area (Å²) in [4.78, 5) is 12.0. The number of carbonyl (C=O) groups excluding carboxylic acids is 1. The highest BCUT2D eigenvalue weighted by Crippen LogP contribution is 2.24. The van der Waals surface area contributed by atoms with Crippen LogP contribution in [0.4, 0.5) is 0 Å². The maximum atomic E-state index is 12.0. The summed E-state index contributed by atoms with van der Waals surface area (Å²) in [6.07, 6.45) is 2.90. The maximum absolute atomic E-state index is 12.0. The summed E-state index contributed by atoms with van der Waals surface area (Å²) >= 11 is 0. The second-order valence-corrected chi connectivity index (χ2v) is 6.11. The predicted octanol–water partition coefficient (Wildman–Crippen LogP) is 1.23. The summed E-state index contributed by atoms with van der Waals surface area (Å²) in [5.41, 5.74) is 1.13. The molecular formula is C12H15NO4S. The molecule has 0 atom stereocenters. The smallest absolute Gasteiger partial charge is 0.306 e. The second-order valence-electron chi connectivity index (χ2n) is 4.53. The molecule has 0 unspecified atom stereocenters. The molecule has 18 heavy (non-hydrogen) atoms. The van der Waals surface area contributed by atoms with Crippen molar-refractivity contribution in [1.82, 2.24) is 5.32 Å². The average Bonchev–Trinajstić information content (AvgIpc) is 3.02. The standard InChI is InChI=1S/C12H15NO4S/c1-8-3-6-11(17-18(2,15)16)10(7-8)12(14)13-9-4-5-9/h3,6-7,9H,4-5H2,1-2H3,(H,13,14). The molecule has 0 aromatic heterocycles. The fourth-order valence-electron chi connectivity index (χ4n) is 1.55. The molecule has 1 aliphatic rings. The van der Waals surface area contributed by atoms with Crippen LogP contribution in [0.25, 0.3) is 0 Å². The van der Waals surface area contributed by atoms with E-state index in [0.29, 0.717) is 0 Å². The Kier molecular flexibility index (Phi) is 3.30. The summed E-state index contributed by atoms with van der Waals surface area (Å²) in [6.45, 7) is 1.83. The number of benzene rings is 1. The highest BCUT2D eigenvalue weighted by Gasteiger charge is 2.25. The molecule has 1 saturated carbocycles. The van der Waals surface area contributed by atoms with Gasteiger partial charge in [0.2, 0.25) is 0 Å². The van der Waals surface area contributed by atoms with E-state index < -0.39 is 10.1 Å². The van der Waals surface area contributed by atoms with Gasteiger partial charge in [-0.1, -0.05) is 11.6 Å². The highest BCUT2D eigenvalue weighted by atomic mass is 32.2. The Balaban J connectivity index is 2.30. The molecule has 1 aliphatic carbocycles. The number of rotatable bonds is 4. The van der Waals surface area contributed by atoms with Gasteiger partial charge in [0, 0.05) is 6.04 Å². The largest absolute Gasteiger partial charge is 0.382 e. The molecule has 1 amide bonds. The van der Waals surface area contributed by atoms with E-state index in [1.807, 2.05) is 6.92 Å². The third-order valence-electron chi connectivity index (χ3n) is 2.53. The van der Waals surface area contributed by atoms with Gasteiger partial charge in [-0.2, -0.15) is 8.42 Å². The summed E-state index contributed by atoms with van der Waals surface area (Å²) in [6, 6.07) is 5.04. The average molecular weight is 269 g/mol. The van der Waals surface area contributed by atoms with Crippen LogP contribution < -0.4 is 9.50 Å². The van der Waals surface area contributed by atoms with Crippen LogP contribution in [0.2, 0.25) is 0 Å². The van der Waals surface area contributed by atoms with Gasteiger partial charge >= 0.3 is 10.1 Å². The fraction of sp³-hybridized carbons (Fsp3) is 0.417. The molecule has 0 heterocycles. The highest BCUT2D eigenvalue weighted by molar-refractivity contribution is 7.86. The zero-order valence-electron chi connectivity index (χ0n) is 10.3. The molecule has 98 valence electrons. The minimum absolute atomic E-state index is 0.0706. The molecule has 0 bridgehead atoms. The molecule has 2 rings (SSSR count). The van der Waals surface area contributed by atoms with Gasteiger partial charge in [-0.3, -0.25) is 4.79 Å². The van der Waals surface area contributed by atoms with Crippen molar-refractivity contribution < 1.29 is 17.4 Å². The molecule has 1 aromatic carbocycles. The van der Waals surface area contributed by atoms with E-state index in [1.54, 1.807) is 12.1 Å². The number of nitrogens with one attached hydrogen (secondary N) is 1. The van der Waals surface area contributed by atoms with E-state index in [-0.39, 0.29) is 23.3 Å². The lowest BCUT2D eigenvalue weighted by molar-refractivity contribution is 0.0949. The van der Waals surface area contributed by atoms with Crippen molar-refractivity contribution in [3.05, 3.63) is 29.3 Å². The van der Waals surface area contributed by atoms with Gasteiger partial charge in [0.05, 0.1) is 11.8 Å². The lowest BCUT2D eigenvalue weighted by Crippen LogP contribution is -2.26. The number of hydrogen-bond acceptors (Lipinski definition) is 4. The van der Waals surface area contributed by atoms with Crippen LogP contribution in [0, 0.1) is 6.92 Å². The molecule has 0 saturated heterocycles. The summed E-state index contributed by atoms with van der Waals surface area (Å²) < 4.78 is 27.1. The van der Waals surface area contributed by atoms with Crippen molar-refractivity contribution in [2.24, 2.45) is 0 Å². The van der Waals surface area contributed by atoms with Gasteiger partial charge in [-0.15, -0.1) is 0 Å². The van der Waals surface area contributed by atoms with E-state index in [4.69, 9.17) is 4.18 Å². The lowest BCUT2D eigenvalue weighted by Gasteiger charge is -2.10. The van der Waals surface area contributed by atoms with Crippen LogP contribution in [0.5, 0.6) is 5.75 Å². The third-order valence-corrected chi connectivity index (χ3v) is 3.02. The van der Waals surface area contributed by atoms with Crippen LogP contribution in [0.15, 0.2) is 18.2 Å². The number of aryl methyl sites for hydroxylation is 1. The Bertz CT molecular complexity index is 576. The molecule has 0 aliphatic heterocycles.